The van der Waals surface area contributed by atoms with Gasteiger partial charge >= 0.3 is 29.6 Å². The molecule has 0 aromatic carbocycles. The van der Waals surface area contributed by atoms with Crippen LogP contribution in [0.5, 0.6) is 0 Å². The molecule has 0 aromatic heterocycles. The van der Waals surface area contributed by atoms with Crippen LogP contribution >= 0.6 is 0 Å². The summed E-state index contributed by atoms with van der Waals surface area (Å²) in [5, 5.41) is 0. The molecule has 0 saturated carbocycles. The number of hydrogen-bond acceptors (Lipinski definition) is 4. The number of nitrogens with two attached hydrogens (primary N) is 1. The predicted molar refractivity (Wildman–Crippen MR) is 50.6 cm³/mol. The molecule has 0 heterocycles. The number of hydrogen-bond donors (Lipinski definition) is 2. The van der Waals surface area contributed by atoms with Crippen molar-refractivity contribution in [2.45, 2.75) is 19.4 Å². The van der Waals surface area contributed by atoms with E-state index in [1.165, 1.54) is 20.1 Å². The van der Waals surface area contributed by atoms with Gasteiger partial charge in [0.25, 0.3) is 10.1 Å². The molecule has 0 aromatic rings. The fourth-order valence-electron chi connectivity index (χ4n) is 0.470. The van der Waals surface area contributed by atoms with Gasteiger partial charge in [0, 0.05) is 5.54 Å². The summed E-state index contributed by atoms with van der Waals surface area (Å²) in [4.78, 5) is 8.93. The molecule has 0 aliphatic rings. The summed E-state index contributed by atoms with van der Waals surface area (Å²) in [6.45, 7) is 6.11. The zero-order chi connectivity index (χ0) is 11.1. The second kappa shape index (κ2) is 8.58. The summed E-state index contributed by atoms with van der Waals surface area (Å²) >= 11 is 0. The minimum Gasteiger partial charge on any atom is -0.419 e. The molecule has 5 nitrogen and oxygen atoms in total. The zero-order valence-electron chi connectivity index (χ0n) is 8.65. The average molecular weight is 231 g/mol. The Morgan fingerprint density at radius 2 is 1.86 bits per heavy atom. The van der Waals surface area contributed by atoms with Gasteiger partial charge in [-0.1, -0.05) is 0 Å². The average Bonchev–Trinajstić information content (AvgIpc) is 1.80. The van der Waals surface area contributed by atoms with Crippen LogP contribution in [0.1, 0.15) is 13.8 Å². The third-order valence-corrected chi connectivity index (χ3v) is 1.75. The Kier molecular flexibility index (Phi) is 12.1. The van der Waals surface area contributed by atoms with Crippen LogP contribution in [0, 0.1) is 0 Å². The molecule has 0 bridgehead atoms. The van der Waals surface area contributed by atoms with Gasteiger partial charge in [-0.25, -0.2) is 12.7 Å². The van der Waals surface area contributed by atoms with Crippen LogP contribution in [0.2, 0.25) is 0 Å². The number of carbonyl (C=O) groups excluding carboxylic acids is 1. The molecule has 0 saturated heterocycles. The molecule has 0 unspecified atom stereocenters. The van der Waals surface area contributed by atoms with E-state index in [0.29, 0.717) is 0 Å². The first kappa shape index (κ1) is 19.8. The fraction of sp³-hybridized carbons (Fsp3) is 0.571. The van der Waals surface area contributed by atoms with Gasteiger partial charge in [0.1, 0.15) is 0 Å². The molecule has 0 fully saturated rings. The molecule has 0 amide bonds. The molecular formula is C7H14NNaO4S. The van der Waals surface area contributed by atoms with E-state index in [2.05, 4.69) is 6.58 Å². The molecule has 14 heavy (non-hydrogen) atoms. The van der Waals surface area contributed by atoms with Crippen LogP contribution < -0.4 is 35.3 Å². The first-order chi connectivity index (χ1) is 5.62. The maximum atomic E-state index is 10.1. The first-order valence-electron chi connectivity index (χ1n) is 3.35. The number of allylic oxidation sites excluding steroid dienone is 1. The standard InChI is InChI=1S/C4H11NO3S.C3H3O.Na/c1-4(2,5)3-9(6,7)8;1-2-3-4;/h3,5H2,1-2H3,(H,6,7,8);2H,1H2;/q;-1;+1. The van der Waals surface area contributed by atoms with Crippen molar-refractivity contribution < 1.29 is 47.3 Å². The van der Waals surface area contributed by atoms with E-state index in [0.717, 1.165) is 6.08 Å². The molecule has 0 atom stereocenters. The maximum Gasteiger partial charge on any atom is 1.00 e. The fourth-order valence-corrected chi connectivity index (χ4v) is 1.41. The maximum absolute atomic E-state index is 10.1. The van der Waals surface area contributed by atoms with Gasteiger partial charge in [-0.3, -0.25) is 4.55 Å². The van der Waals surface area contributed by atoms with Gasteiger partial charge in [-0.2, -0.15) is 8.42 Å². The van der Waals surface area contributed by atoms with Gasteiger partial charge in [-0.15, -0.1) is 0 Å². The van der Waals surface area contributed by atoms with Crippen LogP contribution in [0.3, 0.4) is 0 Å². The van der Waals surface area contributed by atoms with E-state index in [9.17, 15) is 8.42 Å². The van der Waals surface area contributed by atoms with Gasteiger partial charge in [0.2, 0.25) is 0 Å². The summed E-state index contributed by atoms with van der Waals surface area (Å²) in [6, 6.07) is 0. The smallest absolute Gasteiger partial charge is 0.419 e. The van der Waals surface area contributed by atoms with Gasteiger partial charge in [0.05, 0.1) is 5.75 Å². The molecular weight excluding hydrogens is 217 g/mol. The third-order valence-electron chi connectivity index (χ3n) is 0.638. The van der Waals surface area contributed by atoms with Crippen molar-refractivity contribution >= 4 is 16.4 Å². The number of rotatable bonds is 3. The second-order valence-corrected chi connectivity index (χ2v) is 4.49. The van der Waals surface area contributed by atoms with Gasteiger partial charge in [-0.05, 0) is 20.1 Å². The molecule has 78 valence electrons. The summed E-state index contributed by atoms with van der Waals surface area (Å²) in [6.07, 6.45) is 2.51. The molecule has 0 aliphatic heterocycles. The van der Waals surface area contributed by atoms with Crippen LogP contribution in [-0.4, -0.2) is 30.5 Å². The molecule has 3 N–H and O–H groups in total. The molecule has 0 aliphatic carbocycles. The van der Waals surface area contributed by atoms with Crippen LogP contribution in [0.25, 0.3) is 0 Å². The van der Waals surface area contributed by atoms with E-state index in [1.807, 2.05) is 0 Å². The molecule has 0 radical (unpaired) electrons. The van der Waals surface area contributed by atoms with Gasteiger partial charge in [0.15, 0.2) is 0 Å². The summed E-state index contributed by atoms with van der Waals surface area (Å²) in [5.74, 6) is -0.403. The molecule has 0 spiro atoms. The van der Waals surface area contributed by atoms with Crippen molar-refractivity contribution in [2.24, 2.45) is 5.73 Å². The van der Waals surface area contributed by atoms with E-state index >= 15 is 0 Å². The summed E-state index contributed by atoms with van der Waals surface area (Å²) in [5.41, 5.74) is 4.43. The summed E-state index contributed by atoms with van der Waals surface area (Å²) in [7, 11) is -3.91. The topological polar surface area (TPSA) is 97.5 Å². The Hall–Kier alpha value is 0.280. The monoisotopic (exact) mass is 231 g/mol. The minimum absolute atomic E-state index is 0. The minimum atomic E-state index is -3.91. The van der Waals surface area contributed by atoms with Gasteiger partial charge < -0.3 is 10.5 Å². The van der Waals surface area contributed by atoms with Crippen molar-refractivity contribution in [3.63, 3.8) is 0 Å². The second-order valence-electron chi connectivity index (χ2n) is 3.04. The van der Waals surface area contributed by atoms with Crippen molar-refractivity contribution in [3.8, 4) is 0 Å². The largest absolute Gasteiger partial charge is 1.00 e. The Bertz CT molecular complexity index is 249. The zero-order valence-corrected chi connectivity index (χ0v) is 11.5. The van der Waals surface area contributed by atoms with Crippen LogP contribution in [0.4, 0.5) is 0 Å². The Balaban J connectivity index is -0.000000209. The Labute approximate surface area is 107 Å². The van der Waals surface area contributed by atoms with Crippen LogP contribution in [-0.2, 0) is 14.9 Å². The van der Waals surface area contributed by atoms with E-state index < -0.39 is 21.4 Å². The third kappa shape index (κ3) is 29.5. The van der Waals surface area contributed by atoms with E-state index in [-0.39, 0.29) is 29.6 Å². The first-order valence-corrected chi connectivity index (χ1v) is 4.96. The van der Waals surface area contributed by atoms with Crippen LogP contribution in [0.15, 0.2) is 12.7 Å². The normalized spacial score (nSPS) is 10.3. The SMILES string of the molecule is C=C[C-]=O.CC(C)(N)CS(=O)(=O)O.[Na+]. The Morgan fingerprint density at radius 3 is 1.86 bits per heavy atom. The van der Waals surface area contributed by atoms with Crippen molar-refractivity contribution in [2.75, 3.05) is 5.75 Å². The Morgan fingerprint density at radius 1 is 1.57 bits per heavy atom. The van der Waals surface area contributed by atoms with Crippen molar-refractivity contribution in [3.05, 3.63) is 12.7 Å². The summed E-state index contributed by atoms with van der Waals surface area (Å²) < 4.78 is 28.5. The molecule has 0 rings (SSSR count). The van der Waals surface area contributed by atoms with E-state index in [4.69, 9.17) is 15.1 Å². The quantitative estimate of drug-likeness (QED) is 0.232. The van der Waals surface area contributed by atoms with Crippen molar-refractivity contribution in [1.82, 2.24) is 0 Å². The molecule has 7 heteroatoms. The van der Waals surface area contributed by atoms with Crippen molar-refractivity contribution in [1.29, 1.82) is 0 Å². The van der Waals surface area contributed by atoms with E-state index in [1.54, 1.807) is 0 Å². The predicted octanol–water partition coefficient (Wildman–Crippen LogP) is -3.10.